The Labute approximate surface area is 117 Å². The summed E-state index contributed by atoms with van der Waals surface area (Å²) in [4.78, 5) is 0. The molecule has 0 fully saturated rings. The van der Waals surface area contributed by atoms with Gasteiger partial charge < -0.3 is 15.2 Å². The molecule has 1 rings (SSSR count). The molecule has 1 unspecified atom stereocenters. The van der Waals surface area contributed by atoms with E-state index < -0.39 is 0 Å². The second-order valence-corrected chi connectivity index (χ2v) is 5.35. The monoisotopic (exact) mass is 265 g/mol. The number of benzene rings is 1. The van der Waals surface area contributed by atoms with Gasteiger partial charge in [0.05, 0.1) is 13.7 Å². The van der Waals surface area contributed by atoms with E-state index in [1.54, 1.807) is 7.11 Å². The lowest BCUT2D eigenvalue weighted by Gasteiger charge is -2.17. The highest BCUT2D eigenvalue weighted by molar-refractivity contribution is 5.47. The number of nitrogens with two attached hydrogens (primary N) is 1. The van der Waals surface area contributed by atoms with Crippen LogP contribution in [0.2, 0.25) is 0 Å². The summed E-state index contributed by atoms with van der Waals surface area (Å²) in [6.07, 6.45) is 2.82. The number of hydrogen-bond acceptors (Lipinski definition) is 3. The van der Waals surface area contributed by atoms with Gasteiger partial charge in [-0.1, -0.05) is 32.9 Å². The van der Waals surface area contributed by atoms with Crippen molar-refractivity contribution in [1.82, 2.24) is 0 Å². The molecule has 19 heavy (non-hydrogen) atoms. The van der Waals surface area contributed by atoms with Crippen LogP contribution in [0.4, 0.5) is 0 Å². The Bertz CT molecular complexity index is 377. The van der Waals surface area contributed by atoms with Crippen molar-refractivity contribution in [3.05, 3.63) is 23.8 Å². The quantitative estimate of drug-likeness (QED) is 0.783. The van der Waals surface area contributed by atoms with Crippen molar-refractivity contribution in [3.8, 4) is 11.5 Å². The number of rotatable bonds is 8. The zero-order valence-electron chi connectivity index (χ0n) is 12.6. The molecule has 3 heteroatoms. The highest BCUT2D eigenvalue weighted by Crippen LogP contribution is 2.32. The Morgan fingerprint density at radius 2 is 2.00 bits per heavy atom. The van der Waals surface area contributed by atoms with E-state index in [0.717, 1.165) is 36.3 Å². The van der Waals surface area contributed by atoms with Crippen molar-refractivity contribution in [2.75, 3.05) is 13.7 Å². The fraction of sp³-hybridized carbons (Fsp3) is 0.625. The molecule has 108 valence electrons. The summed E-state index contributed by atoms with van der Waals surface area (Å²) < 4.78 is 11.3. The van der Waals surface area contributed by atoms with Crippen molar-refractivity contribution < 1.29 is 9.47 Å². The van der Waals surface area contributed by atoms with E-state index in [4.69, 9.17) is 15.2 Å². The van der Waals surface area contributed by atoms with Gasteiger partial charge in [-0.2, -0.15) is 0 Å². The van der Waals surface area contributed by atoms with Gasteiger partial charge in [-0.05, 0) is 36.8 Å². The zero-order chi connectivity index (χ0) is 14.3. The molecule has 1 aromatic rings. The maximum Gasteiger partial charge on any atom is 0.164 e. The average molecular weight is 265 g/mol. The first kappa shape index (κ1) is 15.8. The summed E-state index contributed by atoms with van der Waals surface area (Å²) >= 11 is 0. The third kappa shape index (κ3) is 5.11. The minimum atomic E-state index is 0.166. The van der Waals surface area contributed by atoms with Gasteiger partial charge >= 0.3 is 0 Å². The van der Waals surface area contributed by atoms with Crippen LogP contribution in [-0.4, -0.2) is 19.8 Å². The van der Waals surface area contributed by atoms with Crippen LogP contribution >= 0.6 is 0 Å². The van der Waals surface area contributed by atoms with Gasteiger partial charge in [0.1, 0.15) is 0 Å². The average Bonchev–Trinajstić information content (AvgIpc) is 2.39. The molecule has 0 amide bonds. The van der Waals surface area contributed by atoms with Crippen molar-refractivity contribution in [2.45, 2.75) is 46.1 Å². The summed E-state index contributed by atoms with van der Waals surface area (Å²) in [6.45, 7) is 7.20. The SMILES string of the molecule is CCC(N)Cc1cccc(OC)c1OCCC(C)C. The minimum absolute atomic E-state index is 0.166. The van der Waals surface area contributed by atoms with Crippen LogP contribution in [0.5, 0.6) is 11.5 Å². The summed E-state index contributed by atoms with van der Waals surface area (Å²) in [5.74, 6) is 2.29. The van der Waals surface area contributed by atoms with Crippen molar-refractivity contribution in [2.24, 2.45) is 11.7 Å². The van der Waals surface area contributed by atoms with Crippen LogP contribution in [0.3, 0.4) is 0 Å². The lowest BCUT2D eigenvalue weighted by Crippen LogP contribution is -2.22. The Morgan fingerprint density at radius 1 is 1.26 bits per heavy atom. The van der Waals surface area contributed by atoms with Crippen LogP contribution in [0.1, 0.15) is 39.2 Å². The second kappa shape index (κ2) is 8.05. The van der Waals surface area contributed by atoms with E-state index in [0.29, 0.717) is 12.5 Å². The maximum atomic E-state index is 6.05. The standard InChI is InChI=1S/C16H27NO2/c1-5-14(17)11-13-7-6-8-15(18-4)16(13)19-10-9-12(2)3/h6-8,12,14H,5,9-11,17H2,1-4H3. The lowest BCUT2D eigenvalue weighted by atomic mass is 10.0. The molecule has 0 aliphatic rings. The molecule has 3 nitrogen and oxygen atoms in total. The first-order chi connectivity index (χ1) is 9.08. The molecule has 0 heterocycles. The van der Waals surface area contributed by atoms with E-state index in [2.05, 4.69) is 26.8 Å². The Balaban J connectivity index is 2.83. The first-order valence-corrected chi connectivity index (χ1v) is 7.12. The number of hydrogen-bond donors (Lipinski definition) is 1. The second-order valence-electron chi connectivity index (χ2n) is 5.35. The Kier molecular flexibility index (Phi) is 6.71. The molecular formula is C16H27NO2. The van der Waals surface area contributed by atoms with Gasteiger partial charge in [-0.25, -0.2) is 0 Å². The summed E-state index contributed by atoms with van der Waals surface area (Å²) in [6, 6.07) is 6.17. The Hall–Kier alpha value is -1.22. The van der Waals surface area contributed by atoms with Gasteiger partial charge in [0, 0.05) is 6.04 Å². The molecule has 1 aromatic carbocycles. The molecule has 2 N–H and O–H groups in total. The zero-order valence-corrected chi connectivity index (χ0v) is 12.6. The van der Waals surface area contributed by atoms with Gasteiger partial charge in [-0.3, -0.25) is 0 Å². The third-order valence-electron chi connectivity index (χ3n) is 3.23. The minimum Gasteiger partial charge on any atom is -0.493 e. The molecule has 0 aliphatic heterocycles. The van der Waals surface area contributed by atoms with Crippen molar-refractivity contribution >= 4 is 0 Å². The fourth-order valence-electron chi connectivity index (χ4n) is 1.87. The molecule has 1 atom stereocenters. The van der Waals surface area contributed by atoms with Crippen LogP contribution in [0.25, 0.3) is 0 Å². The largest absolute Gasteiger partial charge is 0.493 e. The van der Waals surface area contributed by atoms with Gasteiger partial charge in [0.15, 0.2) is 11.5 Å². The van der Waals surface area contributed by atoms with Crippen LogP contribution in [0.15, 0.2) is 18.2 Å². The smallest absolute Gasteiger partial charge is 0.164 e. The Morgan fingerprint density at radius 3 is 2.58 bits per heavy atom. The number of ether oxygens (including phenoxy) is 2. The maximum absolute atomic E-state index is 6.05. The van der Waals surface area contributed by atoms with Gasteiger partial charge in [-0.15, -0.1) is 0 Å². The summed E-state index contributed by atoms with van der Waals surface area (Å²) in [5.41, 5.74) is 7.18. The molecule has 0 saturated heterocycles. The molecule has 0 saturated carbocycles. The molecule has 0 bridgehead atoms. The normalized spacial score (nSPS) is 12.5. The highest BCUT2D eigenvalue weighted by Gasteiger charge is 2.13. The number of para-hydroxylation sites is 1. The predicted octanol–water partition coefficient (Wildman–Crippen LogP) is 3.40. The highest BCUT2D eigenvalue weighted by atomic mass is 16.5. The van der Waals surface area contributed by atoms with E-state index in [-0.39, 0.29) is 6.04 Å². The first-order valence-electron chi connectivity index (χ1n) is 7.12. The lowest BCUT2D eigenvalue weighted by molar-refractivity contribution is 0.269. The molecule has 0 aromatic heterocycles. The molecular weight excluding hydrogens is 238 g/mol. The predicted molar refractivity (Wildman–Crippen MR) is 79.9 cm³/mol. The number of methoxy groups -OCH3 is 1. The molecule has 0 spiro atoms. The van der Waals surface area contributed by atoms with Gasteiger partial charge in [0.2, 0.25) is 0 Å². The van der Waals surface area contributed by atoms with Crippen molar-refractivity contribution in [1.29, 1.82) is 0 Å². The topological polar surface area (TPSA) is 44.5 Å². The molecule has 0 radical (unpaired) electrons. The van der Waals surface area contributed by atoms with Crippen molar-refractivity contribution in [3.63, 3.8) is 0 Å². The van der Waals surface area contributed by atoms with Gasteiger partial charge in [0.25, 0.3) is 0 Å². The van der Waals surface area contributed by atoms with E-state index in [1.165, 1.54) is 0 Å². The summed E-state index contributed by atoms with van der Waals surface area (Å²) in [7, 11) is 1.67. The van der Waals surface area contributed by atoms with Crippen LogP contribution in [0, 0.1) is 5.92 Å². The van der Waals surface area contributed by atoms with E-state index in [1.807, 2.05) is 12.1 Å². The fourth-order valence-corrected chi connectivity index (χ4v) is 1.87. The third-order valence-corrected chi connectivity index (χ3v) is 3.23. The van der Waals surface area contributed by atoms with E-state index in [9.17, 15) is 0 Å². The van der Waals surface area contributed by atoms with Crippen LogP contribution < -0.4 is 15.2 Å². The summed E-state index contributed by atoms with van der Waals surface area (Å²) in [5, 5.41) is 0. The molecule has 0 aliphatic carbocycles. The van der Waals surface area contributed by atoms with Crippen LogP contribution in [-0.2, 0) is 6.42 Å². The van der Waals surface area contributed by atoms with E-state index >= 15 is 0 Å².